The maximum absolute atomic E-state index is 12.7. The lowest BCUT2D eigenvalue weighted by atomic mass is 10.2. The Labute approximate surface area is 301 Å². The third kappa shape index (κ3) is 20.4. The molecule has 20 nitrogen and oxygen atoms in total. The van der Waals surface area contributed by atoms with E-state index >= 15 is 0 Å². The number of hydrogen-bond acceptors (Lipinski definition) is 15. The van der Waals surface area contributed by atoms with Crippen LogP contribution in [0.4, 0.5) is 4.79 Å². The molecule has 2 rings (SSSR count). The molecule has 1 aromatic carbocycles. The lowest BCUT2D eigenvalue weighted by molar-refractivity contribution is -0.140. The van der Waals surface area contributed by atoms with Gasteiger partial charge in [-0.25, -0.2) is 4.79 Å². The number of nitrogens with zero attached hydrogens (tertiary/aromatic N) is 4. The Bertz CT molecular complexity index is 1240. The Morgan fingerprint density at radius 1 is 0.577 bits per heavy atom. The molecule has 0 spiro atoms. The van der Waals surface area contributed by atoms with Crippen molar-refractivity contribution < 1.29 is 68.1 Å². The molecule has 1 aromatic rings. The summed E-state index contributed by atoms with van der Waals surface area (Å²) in [4.78, 5) is 77.9. The normalized spacial score (nSPS) is 15.5. The number of benzene rings is 1. The molecule has 0 atom stereocenters. The van der Waals surface area contributed by atoms with Gasteiger partial charge in [-0.15, -0.1) is 0 Å². The summed E-state index contributed by atoms with van der Waals surface area (Å²) < 4.78 is 20.5. The molecular weight excluding hydrogens is 692 g/mol. The Morgan fingerprint density at radius 2 is 1.02 bits per heavy atom. The van der Waals surface area contributed by atoms with Crippen molar-refractivity contribution in [3.63, 3.8) is 0 Å². The first-order chi connectivity index (χ1) is 24.9. The maximum atomic E-state index is 12.7. The number of carbonyl (C=O) groups is 6. The highest BCUT2D eigenvalue weighted by atomic mass is 16.7. The molecule has 20 heteroatoms. The molecule has 0 bridgehead atoms. The number of nitrogens with one attached hydrogen (secondary N) is 2. The van der Waals surface area contributed by atoms with Crippen LogP contribution in [0, 0.1) is 0 Å². The van der Waals surface area contributed by atoms with Crippen LogP contribution in [0.15, 0.2) is 24.3 Å². The second-order valence-electron chi connectivity index (χ2n) is 11.6. The fraction of sp³-hybridized carbons (Fsp3) is 0.625. The number of amides is 2. The van der Waals surface area contributed by atoms with Crippen molar-refractivity contribution in [1.29, 1.82) is 0 Å². The molecule has 1 saturated heterocycles. The van der Waals surface area contributed by atoms with Crippen molar-refractivity contribution in [2.24, 2.45) is 0 Å². The molecule has 0 radical (unpaired) electrons. The number of rotatable bonds is 21. The average molecular weight is 743 g/mol. The van der Waals surface area contributed by atoms with Gasteiger partial charge >= 0.3 is 24.1 Å². The van der Waals surface area contributed by atoms with Gasteiger partial charge in [0.1, 0.15) is 12.4 Å². The highest BCUT2D eigenvalue weighted by Crippen LogP contribution is 2.13. The smallest absolute Gasteiger partial charge is 0.480 e. The first-order valence-electron chi connectivity index (χ1n) is 16.8. The van der Waals surface area contributed by atoms with Gasteiger partial charge in [-0.1, -0.05) is 0 Å². The van der Waals surface area contributed by atoms with Gasteiger partial charge in [-0.05, 0) is 24.3 Å². The highest BCUT2D eigenvalue weighted by molar-refractivity contribution is 5.94. The van der Waals surface area contributed by atoms with Crippen molar-refractivity contribution >= 4 is 35.9 Å². The minimum atomic E-state index is -1.04. The minimum absolute atomic E-state index is 0.0287. The lowest BCUT2D eigenvalue weighted by Crippen LogP contribution is -2.50. The third-order valence-electron chi connectivity index (χ3n) is 7.48. The van der Waals surface area contributed by atoms with Gasteiger partial charge in [0.2, 0.25) is 5.91 Å². The second kappa shape index (κ2) is 25.5. The lowest BCUT2D eigenvalue weighted by Gasteiger charge is -2.32. The molecule has 292 valence electrons. The molecule has 1 aliphatic rings. The summed E-state index contributed by atoms with van der Waals surface area (Å²) in [5.41, 5.74) is 0.346. The molecule has 0 unspecified atom stereocenters. The van der Waals surface area contributed by atoms with E-state index in [1.54, 1.807) is 19.6 Å². The summed E-state index contributed by atoms with van der Waals surface area (Å²) in [6.45, 7) is 2.27. The summed E-state index contributed by atoms with van der Waals surface area (Å²) in [5.74, 6) is -3.62. The zero-order valence-electron chi connectivity index (χ0n) is 29.1. The van der Waals surface area contributed by atoms with Crippen LogP contribution in [0.25, 0.3) is 0 Å². The topological polar surface area (TPSA) is 257 Å². The Hall–Kier alpha value is -4.44. The van der Waals surface area contributed by atoms with Crippen molar-refractivity contribution in [3.05, 3.63) is 29.8 Å². The van der Waals surface area contributed by atoms with E-state index in [0.29, 0.717) is 18.7 Å². The van der Waals surface area contributed by atoms with Crippen molar-refractivity contribution in [3.8, 4) is 5.75 Å². The largest absolute Gasteiger partial charge is 0.513 e. The van der Waals surface area contributed by atoms with Gasteiger partial charge in [0.25, 0.3) is 5.91 Å². The van der Waals surface area contributed by atoms with Crippen LogP contribution < -0.4 is 15.4 Å². The molecule has 52 heavy (non-hydrogen) atoms. The predicted molar refractivity (Wildman–Crippen MR) is 181 cm³/mol. The van der Waals surface area contributed by atoms with Gasteiger partial charge in [0.15, 0.2) is 0 Å². The zero-order chi connectivity index (χ0) is 38.1. The maximum Gasteiger partial charge on any atom is 0.513 e. The summed E-state index contributed by atoms with van der Waals surface area (Å²) in [6, 6.07) is 5.83. The van der Waals surface area contributed by atoms with Crippen LogP contribution in [0.5, 0.6) is 5.75 Å². The first-order valence-corrected chi connectivity index (χ1v) is 16.8. The molecule has 2 amide bonds. The summed E-state index contributed by atoms with van der Waals surface area (Å²) >= 11 is 0. The number of ether oxygens (including phenoxy) is 4. The quantitative estimate of drug-likeness (QED) is 0.0434. The molecule has 0 aliphatic carbocycles. The van der Waals surface area contributed by atoms with E-state index in [0.717, 1.165) is 0 Å². The van der Waals surface area contributed by atoms with Gasteiger partial charge in [-0.3, -0.25) is 43.6 Å². The second-order valence-corrected chi connectivity index (χ2v) is 11.6. The molecule has 0 aromatic heterocycles. The number of carboxylic acids is 3. The number of aliphatic hydroxyl groups excluding tert-OH is 1. The van der Waals surface area contributed by atoms with E-state index in [-0.39, 0.29) is 136 Å². The third-order valence-corrected chi connectivity index (χ3v) is 7.48. The number of aliphatic hydroxyl groups is 1. The molecule has 1 aliphatic heterocycles. The van der Waals surface area contributed by atoms with Gasteiger partial charge < -0.3 is 50.0 Å². The van der Waals surface area contributed by atoms with Crippen LogP contribution in [-0.4, -0.2) is 207 Å². The van der Waals surface area contributed by atoms with Crippen molar-refractivity contribution in [2.75, 3.05) is 131 Å². The standard InChI is InChI=1S/C32H50N6O14/c39-15-18-49-17-6-34-31(47)25-1-3-26(4-2-25)52-32(48)51-20-19-50-16-5-33-27(40)21-35-7-9-36(22-28(41)42)11-13-38(24-30(45)46)14-12-37(10-8-35)23-29(43)44/h1-4,39H,5-24H2,(H,33,40)(H,34,47)(H,41,42)(H,43,44)(H,45,46). The van der Waals surface area contributed by atoms with Crippen molar-refractivity contribution in [2.45, 2.75) is 0 Å². The minimum Gasteiger partial charge on any atom is -0.480 e. The van der Waals surface area contributed by atoms with Gasteiger partial charge in [0, 0.05) is 71.0 Å². The number of carboxylic acid groups (broad SMARTS) is 3. The SMILES string of the molecule is O=C(O)CN1CCN(CC(=O)O)CCN(CC(=O)NCCOCCOC(=O)Oc2ccc(C(=O)NCCOCCO)cc2)CCN(CC(=O)O)CC1. The Morgan fingerprint density at radius 3 is 1.48 bits per heavy atom. The van der Waals surface area contributed by atoms with Gasteiger partial charge in [0.05, 0.1) is 59.2 Å². The van der Waals surface area contributed by atoms with E-state index in [1.807, 2.05) is 0 Å². The number of carbonyl (C=O) groups excluding carboxylic acids is 3. The molecule has 1 heterocycles. The Balaban J connectivity index is 1.73. The van der Waals surface area contributed by atoms with E-state index < -0.39 is 24.1 Å². The van der Waals surface area contributed by atoms with Gasteiger partial charge in [-0.2, -0.15) is 0 Å². The van der Waals surface area contributed by atoms with Crippen LogP contribution in [0.2, 0.25) is 0 Å². The van der Waals surface area contributed by atoms with Crippen molar-refractivity contribution in [1.82, 2.24) is 30.2 Å². The van der Waals surface area contributed by atoms with E-state index in [1.165, 1.54) is 24.3 Å². The first kappa shape index (κ1) is 43.7. The zero-order valence-corrected chi connectivity index (χ0v) is 29.1. The fourth-order valence-corrected chi connectivity index (χ4v) is 4.90. The van der Waals surface area contributed by atoms with Crippen LogP contribution >= 0.6 is 0 Å². The van der Waals surface area contributed by atoms with E-state index in [4.69, 9.17) is 24.1 Å². The van der Waals surface area contributed by atoms with E-state index in [9.17, 15) is 44.1 Å². The molecule has 1 fully saturated rings. The number of hydrogen-bond donors (Lipinski definition) is 6. The summed E-state index contributed by atoms with van der Waals surface area (Å²) in [5, 5.41) is 42.1. The molecule has 6 N–H and O–H groups in total. The summed E-state index contributed by atoms with van der Waals surface area (Å²) in [6.07, 6.45) is -0.970. The molecular formula is C32H50N6O14. The average Bonchev–Trinajstić information content (AvgIpc) is 3.08. The van der Waals surface area contributed by atoms with Crippen LogP contribution in [0.1, 0.15) is 10.4 Å². The summed E-state index contributed by atoms with van der Waals surface area (Å²) in [7, 11) is 0. The van der Waals surface area contributed by atoms with Crippen LogP contribution in [0.3, 0.4) is 0 Å². The Kier molecular flexibility index (Phi) is 21.4. The molecule has 0 saturated carbocycles. The predicted octanol–water partition coefficient (Wildman–Crippen LogP) is -2.45. The van der Waals surface area contributed by atoms with E-state index in [2.05, 4.69) is 10.6 Å². The fourth-order valence-electron chi connectivity index (χ4n) is 4.90. The monoisotopic (exact) mass is 742 g/mol. The number of aliphatic carboxylic acids is 3. The highest BCUT2D eigenvalue weighted by Gasteiger charge is 2.21. The van der Waals surface area contributed by atoms with Crippen LogP contribution in [-0.2, 0) is 33.4 Å².